The van der Waals surface area contributed by atoms with Crippen LogP contribution in [0.5, 0.6) is 0 Å². The second-order valence-corrected chi connectivity index (χ2v) is 9.29. The van der Waals surface area contributed by atoms with Crippen LogP contribution in [0.3, 0.4) is 0 Å². The van der Waals surface area contributed by atoms with Crippen LogP contribution in [-0.4, -0.2) is 53.7 Å². The fraction of sp³-hybridized carbons (Fsp3) is 0.467. The molecular formula is C15H18BrN5O2S. The molecule has 0 amide bonds. The van der Waals surface area contributed by atoms with E-state index < -0.39 is 10.0 Å². The number of nitrogens with zero attached hydrogens (tertiary/aromatic N) is 5. The maximum atomic E-state index is 12.7. The summed E-state index contributed by atoms with van der Waals surface area (Å²) in [6.07, 6.45) is 4.77. The number of hydrogen-bond donors (Lipinski definition) is 0. The fourth-order valence-corrected chi connectivity index (χ4v) is 5.34. The Kier molecular flexibility index (Phi) is 3.89. The van der Waals surface area contributed by atoms with Gasteiger partial charge in [0.25, 0.3) is 0 Å². The van der Waals surface area contributed by atoms with Crippen LogP contribution in [0.15, 0.2) is 40.1 Å². The Morgan fingerprint density at radius 3 is 2.38 bits per heavy atom. The second-order valence-electron chi connectivity index (χ2n) is 6.43. The Bertz CT molecular complexity index is 837. The van der Waals surface area contributed by atoms with Crippen molar-refractivity contribution in [1.82, 2.24) is 19.1 Å². The third-order valence-corrected chi connectivity index (χ3v) is 7.06. The highest BCUT2D eigenvalue weighted by Gasteiger charge is 2.44. The molecule has 2 aliphatic heterocycles. The number of halogens is 1. The number of aryl methyl sites for hydroxylation is 1. The third-order valence-electron chi connectivity index (χ3n) is 4.81. The zero-order valence-corrected chi connectivity index (χ0v) is 15.6. The molecule has 0 N–H and O–H groups in total. The van der Waals surface area contributed by atoms with Gasteiger partial charge in [-0.15, -0.1) is 0 Å². The third kappa shape index (κ3) is 2.74. The first-order chi connectivity index (χ1) is 11.4. The van der Waals surface area contributed by atoms with Crippen molar-refractivity contribution in [3.63, 3.8) is 0 Å². The number of rotatable bonds is 3. The number of aromatic nitrogens is 3. The van der Waals surface area contributed by atoms with Gasteiger partial charge in [-0.2, -0.15) is 9.40 Å². The van der Waals surface area contributed by atoms with Gasteiger partial charge >= 0.3 is 0 Å². The van der Waals surface area contributed by atoms with Gasteiger partial charge in [0.05, 0.1) is 6.20 Å². The van der Waals surface area contributed by atoms with E-state index in [1.807, 2.05) is 12.1 Å². The molecule has 2 aliphatic rings. The van der Waals surface area contributed by atoms with Gasteiger partial charge in [0.2, 0.25) is 10.0 Å². The van der Waals surface area contributed by atoms with Crippen molar-refractivity contribution in [3.8, 4) is 0 Å². The lowest BCUT2D eigenvalue weighted by Gasteiger charge is -2.21. The normalized spacial score (nSPS) is 24.5. The zero-order chi connectivity index (χ0) is 16.9. The Balaban J connectivity index is 1.47. The largest absolute Gasteiger partial charge is 0.356 e. The van der Waals surface area contributed by atoms with E-state index in [0.717, 1.165) is 23.4 Å². The van der Waals surface area contributed by atoms with E-state index in [2.05, 4.69) is 30.9 Å². The van der Waals surface area contributed by atoms with Crippen molar-refractivity contribution in [1.29, 1.82) is 0 Å². The smallest absolute Gasteiger partial charge is 0.246 e. The second kappa shape index (κ2) is 5.82. The molecule has 24 heavy (non-hydrogen) atoms. The number of sulfonamides is 1. The van der Waals surface area contributed by atoms with Gasteiger partial charge in [-0.25, -0.2) is 13.4 Å². The Morgan fingerprint density at radius 1 is 1.12 bits per heavy atom. The van der Waals surface area contributed by atoms with Gasteiger partial charge in [0.1, 0.15) is 10.7 Å². The highest BCUT2D eigenvalue weighted by molar-refractivity contribution is 9.10. The molecule has 4 rings (SSSR count). The molecule has 9 heteroatoms. The summed E-state index contributed by atoms with van der Waals surface area (Å²) >= 11 is 3.39. The van der Waals surface area contributed by atoms with E-state index in [1.54, 1.807) is 23.7 Å². The molecule has 2 unspecified atom stereocenters. The van der Waals surface area contributed by atoms with Crippen LogP contribution in [-0.2, 0) is 17.1 Å². The molecule has 2 aromatic heterocycles. The highest BCUT2D eigenvalue weighted by atomic mass is 79.9. The van der Waals surface area contributed by atoms with Gasteiger partial charge in [-0.1, -0.05) is 0 Å². The molecule has 128 valence electrons. The molecule has 0 saturated carbocycles. The van der Waals surface area contributed by atoms with Crippen molar-refractivity contribution in [2.45, 2.75) is 4.90 Å². The number of hydrogen-bond acceptors (Lipinski definition) is 5. The van der Waals surface area contributed by atoms with Crippen LogP contribution in [0.2, 0.25) is 0 Å². The predicted molar refractivity (Wildman–Crippen MR) is 93.1 cm³/mol. The minimum absolute atomic E-state index is 0.274. The lowest BCUT2D eigenvalue weighted by atomic mass is 10.0. The Hall–Kier alpha value is -1.45. The van der Waals surface area contributed by atoms with Crippen molar-refractivity contribution in [2.24, 2.45) is 18.9 Å². The minimum Gasteiger partial charge on any atom is -0.356 e. The summed E-state index contributed by atoms with van der Waals surface area (Å²) in [7, 11) is -1.71. The summed E-state index contributed by atoms with van der Waals surface area (Å²) in [5.74, 6) is 1.65. The molecule has 2 saturated heterocycles. The first-order valence-corrected chi connectivity index (χ1v) is 10.0. The van der Waals surface area contributed by atoms with E-state index in [1.165, 1.54) is 10.9 Å². The van der Waals surface area contributed by atoms with Crippen molar-refractivity contribution in [2.75, 3.05) is 31.1 Å². The first kappa shape index (κ1) is 16.0. The summed E-state index contributed by atoms with van der Waals surface area (Å²) in [6.45, 7) is 2.82. The quantitative estimate of drug-likeness (QED) is 0.761. The average Bonchev–Trinajstić information content (AvgIpc) is 3.22. The molecule has 2 aromatic rings. The molecule has 2 fully saturated rings. The SMILES string of the molecule is Cn1cc(S(=O)(=O)N2CC3CN(c4ccc(Br)cn4)CC3C2)cn1. The summed E-state index contributed by atoms with van der Waals surface area (Å²) in [6, 6.07) is 3.98. The average molecular weight is 412 g/mol. The predicted octanol–water partition coefficient (Wildman–Crippen LogP) is 1.33. The highest BCUT2D eigenvalue weighted by Crippen LogP contribution is 2.35. The van der Waals surface area contributed by atoms with Gasteiger partial charge in [0, 0.05) is 50.1 Å². The maximum Gasteiger partial charge on any atom is 0.246 e. The molecular weight excluding hydrogens is 394 g/mol. The van der Waals surface area contributed by atoms with Crippen molar-refractivity contribution in [3.05, 3.63) is 35.2 Å². The Morgan fingerprint density at radius 2 is 1.83 bits per heavy atom. The molecule has 2 atom stereocenters. The number of fused-ring (bicyclic) bond motifs is 1. The number of pyridine rings is 1. The van der Waals surface area contributed by atoms with Gasteiger partial charge in [-0.3, -0.25) is 4.68 Å². The van der Waals surface area contributed by atoms with Crippen LogP contribution in [0.25, 0.3) is 0 Å². The molecule has 0 radical (unpaired) electrons. The molecule has 0 aliphatic carbocycles. The molecule has 0 spiro atoms. The van der Waals surface area contributed by atoms with E-state index in [-0.39, 0.29) is 4.90 Å². The van der Waals surface area contributed by atoms with Gasteiger partial charge in [-0.05, 0) is 39.9 Å². The zero-order valence-electron chi connectivity index (χ0n) is 13.2. The van der Waals surface area contributed by atoms with Crippen molar-refractivity contribution >= 4 is 31.8 Å². The molecule has 0 bridgehead atoms. The molecule has 0 aromatic carbocycles. The first-order valence-electron chi connectivity index (χ1n) is 7.79. The monoisotopic (exact) mass is 411 g/mol. The minimum atomic E-state index is -3.44. The summed E-state index contributed by atoms with van der Waals surface area (Å²) in [5, 5.41) is 3.98. The summed E-state index contributed by atoms with van der Waals surface area (Å²) < 4.78 is 29.5. The Labute approximate surface area is 149 Å². The summed E-state index contributed by atoms with van der Waals surface area (Å²) in [5.41, 5.74) is 0. The van der Waals surface area contributed by atoms with Gasteiger partial charge < -0.3 is 4.90 Å². The van der Waals surface area contributed by atoms with Crippen LogP contribution < -0.4 is 4.90 Å². The van der Waals surface area contributed by atoms with E-state index in [9.17, 15) is 8.42 Å². The van der Waals surface area contributed by atoms with Crippen molar-refractivity contribution < 1.29 is 8.42 Å². The molecule has 7 nitrogen and oxygen atoms in total. The van der Waals surface area contributed by atoms with Crippen LogP contribution in [0.1, 0.15) is 0 Å². The van der Waals surface area contributed by atoms with Crippen LogP contribution >= 0.6 is 15.9 Å². The lowest BCUT2D eigenvalue weighted by molar-refractivity contribution is 0.453. The van der Waals surface area contributed by atoms with Crippen LogP contribution in [0.4, 0.5) is 5.82 Å². The number of anilines is 1. The fourth-order valence-electron chi connectivity index (χ4n) is 3.57. The van der Waals surface area contributed by atoms with Gasteiger partial charge in [0.15, 0.2) is 0 Å². The summed E-state index contributed by atoms with van der Waals surface area (Å²) in [4.78, 5) is 6.96. The van der Waals surface area contributed by atoms with E-state index in [4.69, 9.17) is 0 Å². The maximum absolute atomic E-state index is 12.7. The topological polar surface area (TPSA) is 71.3 Å². The van der Waals surface area contributed by atoms with E-state index in [0.29, 0.717) is 24.9 Å². The lowest BCUT2D eigenvalue weighted by Crippen LogP contribution is -2.33. The van der Waals surface area contributed by atoms with E-state index >= 15 is 0 Å². The molecule has 4 heterocycles. The standard InChI is InChI=1S/C15H18BrN5O2S/c1-19-10-14(5-18-19)24(22,23)21-8-11-6-20(7-12(11)9-21)15-3-2-13(16)4-17-15/h2-5,10-12H,6-9H2,1H3. The van der Waals surface area contributed by atoms with Crippen LogP contribution in [0, 0.1) is 11.8 Å².